The highest BCUT2D eigenvalue weighted by molar-refractivity contribution is 7.12. The largest absolute Gasteiger partial charge is 0.481 e. The maximum absolute atomic E-state index is 10.9. The fourth-order valence-electron chi connectivity index (χ4n) is 1.70. The molecule has 4 heteroatoms. The van der Waals surface area contributed by atoms with Crippen LogP contribution in [0.2, 0.25) is 0 Å². The van der Waals surface area contributed by atoms with Crippen LogP contribution >= 0.6 is 11.3 Å². The Labute approximate surface area is 110 Å². The molecule has 0 fully saturated rings. The normalized spacial score (nSPS) is 10.8. The fraction of sp³-hybridized carbons (Fsp3) is 0.286. The standard InChI is InChI=1S/C14H15NO2S/c1-9(2)14-15-13(10-6-4-3-5-7-10)11(18-14)8-12(16)17/h3-7,9H,8H2,1-2H3,(H,16,17). The minimum Gasteiger partial charge on any atom is -0.481 e. The molecule has 1 aromatic heterocycles. The molecular formula is C14H15NO2S. The molecule has 18 heavy (non-hydrogen) atoms. The number of carboxylic acids is 1. The molecule has 1 aromatic carbocycles. The highest BCUT2D eigenvalue weighted by Gasteiger charge is 2.16. The molecule has 0 unspecified atom stereocenters. The van der Waals surface area contributed by atoms with Crippen molar-refractivity contribution in [2.24, 2.45) is 0 Å². The van der Waals surface area contributed by atoms with Crippen molar-refractivity contribution in [2.45, 2.75) is 26.2 Å². The van der Waals surface area contributed by atoms with Gasteiger partial charge in [0.2, 0.25) is 0 Å². The minimum absolute atomic E-state index is 0.0363. The van der Waals surface area contributed by atoms with Crippen LogP contribution in [0.5, 0.6) is 0 Å². The first kappa shape index (κ1) is 12.8. The van der Waals surface area contributed by atoms with Gasteiger partial charge in [-0.1, -0.05) is 44.2 Å². The Morgan fingerprint density at radius 1 is 1.33 bits per heavy atom. The third-order valence-electron chi connectivity index (χ3n) is 2.57. The van der Waals surface area contributed by atoms with Crippen molar-refractivity contribution < 1.29 is 9.90 Å². The van der Waals surface area contributed by atoms with Crippen molar-refractivity contribution in [3.8, 4) is 11.3 Å². The minimum atomic E-state index is -0.814. The lowest BCUT2D eigenvalue weighted by Crippen LogP contribution is -1.99. The van der Waals surface area contributed by atoms with E-state index in [4.69, 9.17) is 5.11 Å². The predicted molar refractivity (Wildman–Crippen MR) is 73.0 cm³/mol. The topological polar surface area (TPSA) is 50.2 Å². The Bertz CT molecular complexity index is 546. The lowest BCUT2D eigenvalue weighted by Gasteiger charge is -1.99. The average Bonchev–Trinajstić information content (AvgIpc) is 2.73. The molecule has 0 atom stereocenters. The number of carbonyl (C=O) groups is 1. The summed E-state index contributed by atoms with van der Waals surface area (Å²) in [4.78, 5) is 16.3. The van der Waals surface area contributed by atoms with E-state index < -0.39 is 5.97 Å². The first-order chi connectivity index (χ1) is 8.58. The molecule has 0 aliphatic carbocycles. The number of hydrogen-bond donors (Lipinski definition) is 1. The zero-order chi connectivity index (χ0) is 13.1. The Hall–Kier alpha value is -1.68. The summed E-state index contributed by atoms with van der Waals surface area (Å²) in [5.41, 5.74) is 1.80. The van der Waals surface area contributed by atoms with Gasteiger partial charge in [0.15, 0.2) is 0 Å². The molecule has 1 N–H and O–H groups in total. The van der Waals surface area contributed by atoms with Gasteiger partial charge in [-0.3, -0.25) is 4.79 Å². The maximum atomic E-state index is 10.9. The molecular weight excluding hydrogens is 246 g/mol. The molecule has 0 aliphatic rings. The molecule has 0 saturated carbocycles. The summed E-state index contributed by atoms with van der Waals surface area (Å²) in [5, 5.41) is 9.96. The van der Waals surface area contributed by atoms with Gasteiger partial charge in [-0.25, -0.2) is 4.98 Å². The second-order valence-electron chi connectivity index (χ2n) is 4.42. The van der Waals surface area contributed by atoms with Gasteiger partial charge >= 0.3 is 5.97 Å². The van der Waals surface area contributed by atoms with E-state index in [-0.39, 0.29) is 6.42 Å². The number of nitrogens with zero attached hydrogens (tertiary/aromatic N) is 1. The van der Waals surface area contributed by atoms with Crippen molar-refractivity contribution in [1.82, 2.24) is 4.98 Å². The van der Waals surface area contributed by atoms with E-state index in [0.29, 0.717) is 5.92 Å². The quantitative estimate of drug-likeness (QED) is 0.915. The van der Waals surface area contributed by atoms with Crippen LogP contribution in [-0.2, 0) is 11.2 Å². The summed E-state index contributed by atoms with van der Waals surface area (Å²) < 4.78 is 0. The zero-order valence-electron chi connectivity index (χ0n) is 10.4. The Morgan fingerprint density at radius 3 is 2.56 bits per heavy atom. The SMILES string of the molecule is CC(C)c1nc(-c2ccccc2)c(CC(=O)O)s1. The number of aliphatic carboxylic acids is 1. The van der Waals surface area contributed by atoms with E-state index in [1.165, 1.54) is 11.3 Å². The van der Waals surface area contributed by atoms with E-state index in [1.807, 2.05) is 30.3 Å². The first-order valence-electron chi connectivity index (χ1n) is 5.84. The van der Waals surface area contributed by atoms with Crippen LogP contribution in [0, 0.1) is 0 Å². The van der Waals surface area contributed by atoms with Crippen LogP contribution in [0.15, 0.2) is 30.3 Å². The maximum Gasteiger partial charge on any atom is 0.308 e. The first-order valence-corrected chi connectivity index (χ1v) is 6.66. The fourth-order valence-corrected chi connectivity index (χ4v) is 2.78. The van der Waals surface area contributed by atoms with Gasteiger partial charge in [-0.05, 0) is 0 Å². The molecule has 0 saturated heterocycles. The summed E-state index contributed by atoms with van der Waals surface area (Å²) in [5.74, 6) is -0.494. The number of thiazole rings is 1. The Balaban J connectivity index is 2.47. The van der Waals surface area contributed by atoms with Crippen molar-refractivity contribution in [3.05, 3.63) is 40.2 Å². The van der Waals surface area contributed by atoms with Crippen molar-refractivity contribution in [3.63, 3.8) is 0 Å². The van der Waals surface area contributed by atoms with Gasteiger partial charge in [0.1, 0.15) is 0 Å². The van der Waals surface area contributed by atoms with Gasteiger partial charge in [0, 0.05) is 16.4 Å². The predicted octanol–water partition coefficient (Wildman–Crippen LogP) is 3.56. The average molecular weight is 261 g/mol. The van der Waals surface area contributed by atoms with E-state index >= 15 is 0 Å². The van der Waals surface area contributed by atoms with Crippen LogP contribution in [0.4, 0.5) is 0 Å². The Kier molecular flexibility index (Phi) is 3.77. The van der Waals surface area contributed by atoms with Gasteiger partial charge in [0.25, 0.3) is 0 Å². The smallest absolute Gasteiger partial charge is 0.308 e. The van der Waals surface area contributed by atoms with Crippen LogP contribution in [0.1, 0.15) is 29.7 Å². The number of rotatable bonds is 4. The number of hydrogen-bond acceptors (Lipinski definition) is 3. The third kappa shape index (κ3) is 2.76. The molecule has 0 aliphatic heterocycles. The zero-order valence-corrected chi connectivity index (χ0v) is 11.2. The van der Waals surface area contributed by atoms with E-state index in [2.05, 4.69) is 18.8 Å². The van der Waals surface area contributed by atoms with Crippen molar-refractivity contribution in [2.75, 3.05) is 0 Å². The van der Waals surface area contributed by atoms with Crippen molar-refractivity contribution >= 4 is 17.3 Å². The Morgan fingerprint density at radius 2 is 2.00 bits per heavy atom. The van der Waals surface area contributed by atoms with Gasteiger partial charge in [-0.2, -0.15) is 0 Å². The number of benzene rings is 1. The van der Waals surface area contributed by atoms with Crippen LogP contribution < -0.4 is 0 Å². The van der Waals surface area contributed by atoms with Crippen LogP contribution in [-0.4, -0.2) is 16.1 Å². The monoisotopic (exact) mass is 261 g/mol. The number of carboxylic acid groups (broad SMARTS) is 1. The summed E-state index contributed by atoms with van der Waals surface area (Å²) in [6.45, 7) is 4.14. The molecule has 1 heterocycles. The molecule has 2 rings (SSSR count). The van der Waals surface area contributed by atoms with Crippen LogP contribution in [0.25, 0.3) is 11.3 Å². The lowest BCUT2D eigenvalue weighted by molar-refractivity contribution is -0.136. The second kappa shape index (κ2) is 5.31. The highest BCUT2D eigenvalue weighted by atomic mass is 32.1. The lowest BCUT2D eigenvalue weighted by atomic mass is 10.1. The molecule has 0 radical (unpaired) electrons. The summed E-state index contributed by atoms with van der Waals surface area (Å²) >= 11 is 1.50. The summed E-state index contributed by atoms with van der Waals surface area (Å²) in [6, 6.07) is 9.74. The van der Waals surface area contributed by atoms with E-state index in [0.717, 1.165) is 21.1 Å². The molecule has 3 nitrogen and oxygen atoms in total. The number of aromatic nitrogens is 1. The van der Waals surface area contributed by atoms with Gasteiger partial charge in [-0.15, -0.1) is 11.3 Å². The summed E-state index contributed by atoms with van der Waals surface area (Å²) in [6.07, 6.45) is 0.0363. The highest BCUT2D eigenvalue weighted by Crippen LogP contribution is 2.32. The third-order valence-corrected chi connectivity index (χ3v) is 3.92. The molecule has 0 spiro atoms. The van der Waals surface area contributed by atoms with Gasteiger partial charge < -0.3 is 5.11 Å². The van der Waals surface area contributed by atoms with E-state index in [1.54, 1.807) is 0 Å². The van der Waals surface area contributed by atoms with Crippen molar-refractivity contribution in [1.29, 1.82) is 0 Å². The molecule has 94 valence electrons. The van der Waals surface area contributed by atoms with Gasteiger partial charge in [0.05, 0.1) is 17.1 Å². The molecule has 0 bridgehead atoms. The second-order valence-corrected chi connectivity index (χ2v) is 5.53. The molecule has 2 aromatic rings. The van der Waals surface area contributed by atoms with E-state index in [9.17, 15) is 4.79 Å². The molecule has 0 amide bonds. The summed E-state index contributed by atoms with van der Waals surface area (Å²) in [7, 11) is 0. The van der Waals surface area contributed by atoms with Crippen LogP contribution in [0.3, 0.4) is 0 Å².